The van der Waals surface area contributed by atoms with Crippen molar-refractivity contribution in [2.45, 2.75) is 20.5 Å². The van der Waals surface area contributed by atoms with Crippen LogP contribution in [-0.2, 0) is 6.61 Å². The van der Waals surface area contributed by atoms with E-state index >= 15 is 0 Å². The predicted octanol–water partition coefficient (Wildman–Crippen LogP) is 4.12. The quantitative estimate of drug-likeness (QED) is 0.844. The van der Waals surface area contributed by atoms with Crippen LogP contribution in [0, 0.1) is 13.8 Å². The van der Waals surface area contributed by atoms with Gasteiger partial charge in [0.1, 0.15) is 12.4 Å². The van der Waals surface area contributed by atoms with Gasteiger partial charge in [-0.3, -0.25) is 0 Å². The smallest absolute Gasteiger partial charge is 0.125 e. The number of rotatable bonds is 3. The van der Waals surface area contributed by atoms with Crippen molar-refractivity contribution >= 4 is 17.3 Å². The molecule has 2 nitrogen and oxygen atoms in total. The topological polar surface area (TPSA) is 35.2 Å². The number of hydrogen-bond donors (Lipinski definition) is 1. The van der Waals surface area contributed by atoms with E-state index in [0.29, 0.717) is 6.61 Å². The van der Waals surface area contributed by atoms with Gasteiger partial charge in [0, 0.05) is 10.7 Å². The summed E-state index contributed by atoms with van der Waals surface area (Å²) >= 11 is 5.94. The van der Waals surface area contributed by atoms with Crippen LogP contribution < -0.4 is 10.5 Å². The number of hydrogen-bond acceptors (Lipinski definition) is 2. The normalized spacial score (nSPS) is 10.4. The van der Waals surface area contributed by atoms with Crippen LogP contribution in [-0.4, -0.2) is 0 Å². The van der Waals surface area contributed by atoms with E-state index in [2.05, 4.69) is 0 Å². The molecule has 0 aromatic heterocycles. The molecule has 18 heavy (non-hydrogen) atoms. The van der Waals surface area contributed by atoms with E-state index in [4.69, 9.17) is 22.1 Å². The molecular formula is C15H16ClNO. The van der Waals surface area contributed by atoms with E-state index in [1.54, 1.807) is 0 Å². The van der Waals surface area contributed by atoms with E-state index in [9.17, 15) is 0 Å². The minimum absolute atomic E-state index is 0.506. The molecule has 2 aromatic carbocycles. The maximum absolute atomic E-state index is 5.94. The number of benzene rings is 2. The molecule has 0 heterocycles. The molecule has 0 radical (unpaired) electrons. The Labute approximate surface area is 112 Å². The van der Waals surface area contributed by atoms with Crippen molar-refractivity contribution in [1.29, 1.82) is 0 Å². The highest BCUT2D eigenvalue weighted by Gasteiger charge is 2.05. The van der Waals surface area contributed by atoms with Gasteiger partial charge in [0.25, 0.3) is 0 Å². The fraction of sp³-hybridized carbons (Fsp3) is 0.200. The zero-order valence-corrected chi connectivity index (χ0v) is 11.3. The molecule has 2 aromatic rings. The van der Waals surface area contributed by atoms with Gasteiger partial charge in [-0.1, -0.05) is 23.7 Å². The summed E-state index contributed by atoms with van der Waals surface area (Å²) in [4.78, 5) is 0. The first-order valence-corrected chi connectivity index (χ1v) is 6.18. The molecule has 0 spiro atoms. The number of halogens is 1. The second kappa shape index (κ2) is 5.32. The summed E-state index contributed by atoms with van der Waals surface area (Å²) in [6.45, 7) is 4.50. The highest BCUT2D eigenvalue weighted by molar-refractivity contribution is 6.30. The first-order valence-electron chi connectivity index (χ1n) is 5.80. The van der Waals surface area contributed by atoms with Crippen molar-refractivity contribution in [3.8, 4) is 5.75 Å². The molecule has 0 aliphatic heterocycles. The van der Waals surface area contributed by atoms with Gasteiger partial charge in [-0.25, -0.2) is 0 Å². The Hall–Kier alpha value is -1.67. The summed E-state index contributed by atoms with van der Waals surface area (Å²) in [5, 5.41) is 0.724. The average Bonchev–Trinajstić information content (AvgIpc) is 2.27. The van der Waals surface area contributed by atoms with Crippen LogP contribution in [0.1, 0.15) is 16.7 Å². The minimum atomic E-state index is 0.506. The second-order valence-electron chi connectivity index (χ2n) is 4.40. The van der Waals surface area contributed by atoms with E-state index in [1.165, 1.54) is 0 Å². The third-order valence-electron chi connectivity index (χ3n) is 2.75. The van der Waals surface area contributed by atoms with Crippen LogP contribution >= 0.6 is 11.6 Å². The largest absolute Gasteiger partial charge is 0.488 e. The van der Waals surface area contributed by atoms with E-state index in [1.807, 2.05) is 50.2 Å². The van der Waals surface area contributed by atoms with Crippen LogP contribution in [0.15, 0.2) is 36.4 Å². The Balaban J connectivity index is 2.16. The van der Waals surface area contributed by atoms with Gasteiger partial charge in [0.15, 0.2) is 0 Å². The molecule has 2 rings (SSSR count). The summed E-state index contributed by atoms with van der Waals surface area (Å²) in [6, 6.07) is 11.5. The van der Waals surface area contributed by atoms with Crippen molar-refractivity contribution in [2.75, 3.05) is 5.73 Å². The minimum Gasteiger partial charge on any atom is -0.488 e. The van der Waals surface area contributed by atoms with Gasteiger partial charge < -0.3 is 10.5 Å². The van der Waals surface area contributed by atoms with Crippen LogP contribution in [0.3, 0.4) is 0 Å². The molecule has 94 valence electrons. The molecule has 0 saturated carbocycles. The SMILES string of the molecule is Cc1cc(N)cc(C)c1OCc1cccc(Cl)c1. The van der Waals surface area contributed by atoms with Crippen molar-refractivity contribution in [3.05, 3.63) is 58.1 Å². The number of nitrogen functional groups attached to an aromatic ring is 1. The van der Waals surface area contributed by atoms with Gasteiger partial charge in [-0.05, 0) is 54.8 Å². The van der Waals surface area contributed by atoms with E-state index < -0.39 is 0 Å². The maximum Gasteiger partial charge on any atom is 0.125 e. The van der Waals surface area contributed by atoms with E-state index in [-0.39, 0.29) is 0 Å². The van der Waals surface area contributed by atoms with Crippen LogP contribution in [0.25, 0.3) is 0 Å². The summed E-state index contributed by atoms with van der Waals surface area (Å²) in [5.41, 5.74) is 9.70. The molecule has 0 aliphatic carbocycles. The third-order valence-corrected chi connectivity index (χ3v) is 2.99. The number of anilines is 1. The third kappa shape index (κ3) is 2.96. The highest BCUT2D eigenvalue weighted by atomic mass is 35.5. The first-order chi connectivity index (χ1) is 8.56. The second-order valence-corrected chi connectivity index (χ2v) is 4.84. The van der Waals surface area contributed by atoms with Gasteiger partial charge in [0.2, 0.25) is 0 Å². The lowest BCUT2D eigenvalue weighted by atomic mass is 10.1. The molecule has 0 atom stereocenters. The lowest BCUT2D eigenvalue weighted by molar-refractivity contribution is 0.302. The maximum atomic E-state index is 5.94. The fourth-order valence-corrected chi connectivity index (χ4v) is 2.21. The lowest BCUT2D eigenvalue weighted by Gasteiger charge is -2.13. The summed E-state index contributed by atoms with van der Waals surface area (Å²) in [5.74, 6) is 0.893. The number of ether oxygens (including phenoxy) is 1. The summed E-state index contributed by atoms with van der Waals surface area (Å²) < 4.78 is 5.85. The van der Waals surface area contributed by atoms with Gasteiger partial charge in [0.05, 0.1) is 0 Å². The average molecular weight is 262 g/mol. The van der Waals surface area contributed by atoms with Crippen LogP contribution in [0.5, 0.6) is 5.75 Å². The monoisotopic (exact) mass is 261 g/mol. The van der Waals surface area contributed by atoms with Gasteiger partial charge in [-0.15, -0.1) is 0 Å². The van der Waals surface area contributed by atoms with Crippen molar-refractivity contribution < 1.29 is 4.74 Å². The van der Waals surface area contributed by atoms with Crippen molar-refractivity contribution in [1.82, 2.24) is 0 Å². The van der Waals surface area contributed by atoms with E-state index in [0.717, 1.165) is 33.1 Å². The molecule has 0 aliphatic rings. The van der Waals surface area contributed by atoms with Crippen molar-refractivity contribution in [2.24, 2.45) is 0 Å². The van der Waals surface area contributed by atoms with Crippen molar-refractivity contribution in [3.63, 3.8) is 0 Å². The zero-order chi connectivity index (χ0) is 13.1. The summed E-state index contributed by atoms with van der Waals surface area (Å²) in [7, 11) is 0. The Morgan fingerprint density at radius 2 is 1.78 bits per heavy atom. The Morgan fingerprint density at radius 3 is 2.39 bits per heavy atom. The van der Waals surface area contributed by atoms with Crippen LogP contribution in [0.4, 0.5) is 5.69 Å². The fourth-order valence-electron chi connectivity index (χ4n) is 1.99. The molecule has 0 bridgehead atoms. The predicted molar refractivity (Wildman–Crippen MR) is 76.1 cm³/mol. The Bertz CT molecular complexity index is 543. The Morgan fingerprint density at radius 1 is 1.11 bits per heavy atom. The molecule has 3 heteroatoms. The molecule has 0 saturated heterocycles. The first kappa shape index (κ1) is 12.8. The standard InChI is InChI=1S/C15H16ClNO/c1-10-6-14(17)7-11(2)15(10)18-9-12-4-3-5-13(16)8-12/h3-8H,9,17H2,1-2H3. The number of aryl methyl sites for hydroxylation is 2. The molecular weight excluding hydrogens is 246 g/mol. The number of nitrogens with two attached hydrogens (primary N) is 1. The summed E-state index contributed by atoms with van der Waals surface area (Å²) in [6.07, 6.45) is 0. The molecule has 0 fully saturated rings. The Kier molecular flexibility index (Phi) is 3.78. The zero-order valence-electron chi connectivity index (χ0n) is 10.5. The van der Waals surface area contributed by atoms with Crippen LogP contribution in [0.2, 0.25) is 5.02 Å². The van der Waals surface area contributed by atoms with Gasteiger partial charge in [-0.2, -0.15) is 0 Å². The molecule has 0 unspecified atom stereocenters. The lowest BCUT2D eigenvalue weighted by Crippen LogP contribution is -2.00. The molecule has 2 N–H and O–H groups in total. The highest BCUT2D eigenvalue weighted by Crippen LogP contribution is 2.26. The van der Waals surface area contributed by atoms with Gasteiger partial charge >= 0.3 is 0 Å². The molecule has 0 amide bonds.